The van der Waals surface area contributed by atoms with E-state index in [4.69, 9.17) is 35.5 Å². The van der Waals surface area contributed by atoms with Crippen molar-refractivity contribution >= 4 is 35.2 Å². The number of anilines is 2. The van der Waals surface area contributed by atoms with Crippen molar-refractivity contribution in [3.63, 3.8) is 0 Å². The van der Waals surface area contributed by atoms with Crippen molar-refractivity contribution in [3.05, 3.63) is 40.4 Å². The Morgan fingerprint density at radius 2 is 1.70 bits per heavy atom. The molecule has 0 bridgehead atoms. The zero-order chi connectivity index (χ0) is 31.8. The highest BCUT2D eigenvalue weighted by atomic mass is 35.5. The van der Waals surface area contributed by atoms with Crippen molar-refractivity contribution in [2.45, 2.75) is 90.4 Å². The number of ether oxygens (including phenoxy) is 4. The number of nitrogens with zero attached hydrogens (tertiary/aromatic N) is 4. The van der Waals surface area contributed by atoms with Crippen molar-refractivity contribution in [1.82, 2.24) is 14.9 Å². The maximum Gasteiger partial charge on any atom is 0.412 e. The van der Waals surface area contributed by atoms with E-state index in [2.05, 4.69) is 15.2 Å². The summed E-state index contributed by atoms with van der Waals surface area (Å²) >= 11 is 6.70. The monoisotopic (exact) mass is 629 g/mol. The smallest absolute Gasteiger partial charge is 0.412 e. The molecule has 1 N–H and O–H groups in total. The summed E-state index contributed by atoms with van der Waals surface area (Å²) in [5.74, 6) is 0.679. The molecule has 0 spiro atoms. The second kappa shape index (κ2) is 12.6. The summed E-state index contributed by atoms with van der Waals surface area (Å²) in [6.45, 7) is 16.6. The van der Waals surface area contributed by atoms with Gasteiger partial charge >= 0.3 is 12.2 Å². The standard InChI is InChI=1S/C32H44ClN5O6/c1-19(25-24(10-11-34-28(25)33)37-12-14-41-15-13-37)42-27-23(36-29(39)43-31(2,3)4)16-22(35-26(27)20-8-9-20)21-17-38(18-21)30(40)44-32(5,6)7/h10-11,16,19-21H,8-9,12-15,17-18H2,1-7H3,(H,35,36,39). The molecule has 2 saturated heterocycles. The zero-order valence-electron chi connectivity index (χ0n) is 26.7. The number of rotatable bonds is 7. The van der Waals surface area contributed by atoms with Gasteiger partial charge in [-0.1, -0.05) is 11.6 Å². The van der Waals surface area contributed by atoms with Gasteiger partial charge in [-0.15, -0.1) is 0 Å². The van der Waals surface area contributed by atoms with Crippen molar-refractivity contribution < 1.29 is 28.5 Å². The topological polar surface area (TPSA) is 115 Å². The minimum Gasteiger partial charge on any atom is -0.482 e. The van der Waals surface area contributed by atoms with Gasteiger partial charge in [0.15, 0.2) is 5.75 Å². The van der Waals surface area contributed by atoms with Gasteiger partial charge in [0.05, 0.1) is 30.2 Å². The number of likely N-dealkylation sites (tertiary alicyclic amines) is 1. The van der Waals surface area contributed by atoms with Gasteiger partial charge in [0.25, 0.3) is 0 Å². The molecule has 44 heavy (non-hydrogen) atoms. The molecule has 1 unspecified atom stereocenters. The fraction of sp³-hybridized carbons (Fsp3) is 0.625. The summed E-state index contributed by atoms with van der Waals surface area (Å²) in [6.07, 6.45) is 2.19. The molecule has 2 amide bonds. The number of hydrogen-bond donors (Lipinski definition) is 1. The van der Waals surface area contributed by atoms with Crippen LogP contribution in [0.4, 0.5) is 21.0 Å². The fourth-order valence-corrected chi connectivity index (χ4v) is 5.62. The highest BCUT2D eigenvalue weighted by Gasteiger charge is 2.39. The van der Waals surface area contributed by atoms with Crippen LogP contribution in [0.1, 0.15) is 96.2 Å². The van der Waals surface area contributed by atoms with Gasteiger partial charge in [-0.3, -0.25) is 10.3 Å². The Bertz CT molecular complexity index is 1370. The first-order chi connectivity index (χ1) is 20.7. The maximum atomic E-state index is 13.1. The van der Waals surface area contributed by atoms with Gasteiger partial charge in [0.1, 0.15) is 22.5 Å². The van der Waals surface area contributed by atoms with Crippen molar-refractivity contribution in [2.24, 2.45) is 0 Å². The molecule has 1 aliphatic carbocycles. The van der Waals surface area contributed by atoms with Gasteiger partial charge in [0, 0.05) is 55.6 Å². The molecule has 3 fully saturated rings. The van der Waals surface area contributed by atoms with Crippen molar-refractivity contribution in [3.8, 4) is 5.75 Å². The molecule has 5 rings (SSSR count). The molecule has 2 aromatic rings. The molecule has 3 aliphatic rings. The molecule has 2 aromatic heterocycles. The molecule has 2 aliphatic heterocycles. The Kier molecular flexibility index (Phi) is 9.18. The minimum atomic E-state index is -0.689. The van der Waals surface area contributed by atoms with Gasteiger partial charge in [0.2, 0.25) is 0 Å². The Labute approximate surface area is 264 Å². The van der Waals surface area contributed by atoms with Gasteiger partial charge in [-0.05, 0) is 73.4 Å². The van der Waals surface area contributed by atoms with Gasteiger partial charge < -0.3 is 28.7 Å². The second-order valence-electron chi connectivity index (χ2n) is 13.7. The van der Waals surface area contributed by atoms with Crippen LogP contribution in [-0.2, 0) is 14.2 Å². The van der Waals surface area contributed by atoms with E-state index in [1.54, 1.807) is 11.1 Å². The number of hydrogen-bond acceptors (Lipinski definition) is 9. The maximum absolute atomic E-state index is 13.1. The van der Waals surface area contributed by atoms with E-state index in [0.717, 1.165) is 48.6 Å². The summed E-state index contributed by atoms with van der Waals surface area (Å²) in [7, 11) is 0. The Hall–Kier alpha value is -3.31. The molecule has 0 radical (unpaired) electrons. The van der Waals surface area contributed by atoms with Crippen LogP contribution in [-0.4, -0.2) is 77.6 Å². The Morgan fingerprint density at radius 1 is 1.05 bits per heavy atom. The number of pyridine rings is 2. The third kappa shape index (κ3) is 7.85. The molecule has 11 nitrogen and oxygen atoms in total. The lowest BCUT2D eigenvalue weighted by Crippen LogP contribution is -2.50. The average Bonchev–Trinajstić information content (AvgIpc) is 3.72. The van der Waals surface area contributed by atoms with Crippen LogP contribution in [0.5, 0.6) is 5.75 Å². The van der Waals surface area contributed by atoms with E-state index in [1.807, 2.05) is 60.6 Å². The summed E-state index contributed by atoms with van der Waals surface area (Å²) in [6, 6.07) is 3.78. The van der Waals surface area contributed by atoms with Crippen LogP contribution in [0.2, 0.25) is 5.15 Å². The molecular formula is C32H44ClN5O6. The summed E-state index contributed by atoms with van der Waals surface area (Å²) in [5, 5.41) is 3.30. The van der Waals surface area contributed by atoms with E-state index in [1.165, 1.54) is 0 Å². The third-order valence-corrected chi connectivity index (χ3v) is 7.84. The quantitative estimate of drug-likeness (QED) is 0.335. The highest BCUT2D eigenvalue weighted by Crippen LogP contribution is 2.49. The van der Waals surface area contributed by atoms with Gasteiger partial charge in [-0.2, -0.15) is 0 Å². The van der Waals surface area contributed by atoms with E-state index >= 15 is 0 Å². The largest absolute Gasteiger partial charge is 0.482 e. The van der Waals surface area contributed by atoms with Gasteiger partial charge in [-0.25, -0.2) is 14.6 Å². The van der Waals surface area contributed by atoms with Crippen LogP contribution < -0.4 is 15.0 Å². The zero-order valence-corrected chi connectivity index (χ0v) is 27.5. The fourth-order valence-electron chi connectivity index (χ4n) is 5.32. The minimum absolute atomic E-state index is 0.00799. The van der Waals surface area contributed by atoms with Crippen LogP contribution in [0.15, 0.2) is 18.3 Å². The predicted molar refractivity (Wildman–Crippen MR) is 168 cm³/mol. The number of amides is 2. The van der Waals surface area contributed by atoms with E-state index < -0.39 is 23.4 Å². The lowest BCUT2D eigenvalue weighted by atomic mass is 9.95. The molecular weight excluding hydrogens is 586 g/mol. The first kappa shape index (κ1) is 32.1. The molecule has 240 valence electrons. The Balaban J connectivity index is 1.47. The molecule has 4 heterocycles. The normalized spacial score (nSPS) is 18.4. The second-order valence-corrected chi connectivity index (χ2v) is 14.0. The SMILES string of the molecule is CC(Oc1c(NC(=O)OC(C)(C)C)cc(C2CN(C(=O)OC(C)(C)C)C2)nc1C1CC1)c1c(N2CCOCC2)ccnc1Cl. The molecule has 1 atom stereocenters. The summed E-state index contributed by atoms with van der Waals surface area (Å²) < 4.78 is 23.4. The number of morpholine rings is 1. The number of nitrogens with one attached hydrogen (secondary N) is 1. The van der Waals surface area contributed by atoms with E-state index in [-0.39, 0.29) is 17.9 Å². The van der Waals surface area contributed by atoms with E-state index in [0.29, 0.717) is 42.9 Å². The Morgan fingerprint density at radius 3 is 2.32 bits per heavy atom. The molecule has 1 saturated carbocycles. The average molecular weight is 630 g/mol. The number of carbonyl (C=O) groups excluding carboxylic acids is 2. The van der Waals surface area contributed by atoms with Crippen LogP contribution in [0.25, 0.3) is 0 Å². The van der Waals surface area contributed by atoms with Crippen molar-refractivity contribution in [2.75, 3.05) is 49.6 Å². The summed E-state index contributed by atoms with van der Waals surface area (Å²) in [5.41, 5.74) is 2.48. The van der Waals surface area contributed by atoms with E-state index in [9.17, 15) is 9.59 Å². The molecule has 12 heteroatoms. The number of carbonyl (C=O) groups is 2. The van der Waals surface area contributed by atoms with Crippen LogP contribution in [0.3, 0.4) is 0 Å². The first-order valence-corrected chi connectivity index (χ1v) is 15.7. The van der Waals surface area contributed by atoms with Crippen LogP contribution in [0, 0.1) is 0 Å². The lowest BCUT2D eigenvalue weighted by molar-refractivity contribution is 0.00784. The molecule has 0 aromatic carbocycles. The number of aromatic nitrogens is 2. The predicted octanol–water partition coefficient (Wildman–Crippen LogP) is 6.67. The first-order valence-electron chi connectivity index (χ1n) is 15.3. The summed E-state index contributed by atoms with van der Waals surface area (Å²) in [4.78, 5) is 39.0. The van der Waals surface area contributed by atoms with Crippen molar-refractivity contribution in [1.29, 1.82) is 0 Å². The number of halogens is 1. The lowest BCUT2D eigenvalue weighted by Gasteiger charge is -2.39. The third-order valence-electron chi connectivity index (χ3n) is 7.54. The highest BCUT2D eigenvalue weighted by molar-refractivity contribution is 6.30. The van der Waals surface area contributed by atoms with Crippen LogP contribution >= 0.6 is 11.6 Å².